The predicted octanol–water partition coefficient (Wildman–Crippen LogP) is 5.96. The van der Waals surface area contributed by atoms with Crippen LogP contribution < -0.4 is 28.7 Å². The fourth-order valence-corrected chi connectivity index (χ4v) is 4.26. The number of alkyl halides is 3. The smallest absolute Gasteiger partial charge is 0.398 e. The molecule has 3 aromatic rings. The minimum atomic E-state index is -6.03. The molecule has 0 heterocycles. The van der Waals surface area contributed by atoms with E-state index in [1.54, 1.807) is 0 Å². The van der Waals surface area contributed by atoms with Gasteiger partial charge < -0.3 is 28.7 Å². The Labute approximate surface area is 238 Å². The molecule has 3 aromatic carbocycles. The van der Waals surface area contributed by atoms with Gasteiger partial charge in [-0.05, 0) is 0 Å². The molecule has 1 aliphatic rings. The van der Waals surface area contributed by atoms with E-state index in [1.165, 1.54) is 0 Å². The highest BCUT2D eigenvalue weighted by Gasteiger charge is 2.46. The van der Waals surface area contributed by atoms with Crippen molar-refractivity contribution in [1.29, 1.82) is 0 Å². The highest BCUT2D eigenvalue weighted by atomic mass is 19.4. The molecular formula is C25H10F15N5. The quantitative estimate of drug-likeness (QED) is 0.134. The maximum Gasteiger partial charge on any atom is 0.422 e. The minimum Gasteiger partial charge on any atom is -0.398 e. The van der Waals surface area contributed by atoms with Crippen LogP contribution in [0.3, 0.4) is 0 Å². The van der Waals surface area contributed by atoms with Crippen molar-refractivity contribution in [3.05, 3.63) is 109 Å². The van der Waals surface area contributed by atoms with Crippen LogP contribution in [0, 0.1) is 69.8 Å². The van der Waals surface area contributed by atoms with Gasteiger partial charge in [-0.1, -0.05) is 0 Å². The first-order chi connectivity index (χ1) is 20.6. The Balaban J connectivity index is 2.22. The maximum atomic E-state index is 14.8. The molecule has 0 bridgehead atoms. The third-order valence-electron chi connectivity index (χ3n) is 6.45. The summed E-state index contributed by atoms with van der Waals surface area (Å²) in [6.45, 7) is 0. The second-order valence-corrected chi connectivity index (χ2v) is 8.96. The lowest BCUT2D eigenvalue weighted by Gasteiger charge is -2.14. The Morgan fingerprint density at radius 2 is 0.556 bits per heavy atom. The van der Waals surface area contributed by atoms with Crippen LogP contribution >= 0.6 is 0 Å². The number of rotatable bonds is 3. The Kier molecular flexibility index (Phi) is 7.62. The molecule has 0 unspecified atom stereocenters. The first kappa shape index (κ1) is 32.7. The van der Waals surface area contributed by atoms with Crippen LogP contribution in [-0.2, 0) is 6.18 Å². The topological polar surface area (TPSA) is 130 Å². The number of nitrogens with two attached hydrogens (primary N) is 5. The number of allylic oxidation sites excluding steroid dienone is 3. The van der Waals surface area contributed by atoms with Crippen molar-refractivity contribution in [2.24, 2.45) is 17.2 Å². The van der Waals surface area contributed by atoms with Gasteiger partial charge in [-0.2, -0.15) is 13.2 Å². The number of nitrogen functional groups attached to an aromatic ring is 2. The van der Waals surface area contributed by atoms with Crippen molar-refractivity contribution in [3.8, 4) is 0 Å². The third kappa shape index (κ3) is 4.62. The van der Waals surface area contributed by atoms with Crippen molar-refractivity contribution in [3.63, 3.8) is 0 Å². The highest BCUT2D eigenvalue weighted by molar-refractivity contribution is 6.05. The van der Waals surface area contributed by atoms with E-state index in [1.807, 2.05) is 0 Å². The second-order valence-electron chi connectivity index (χ2n) is 8.96. The Morgan fingerprint density at radius 1 is 0.356 bits per heavy atom. The molecule has 1 saturated carbocycles. The van der Waals surface area contributed by atoms with Crippen molar-refractivity contribution in [1.82, 2.24) is 0 Å². The van der Waals surface area contributed by atoms with E-state index in [4.69, 9.17) is 28.7 Å². The van der Waals surface area contributed by atoms with Crippen LogP contribution in [0.25, 0.3) is 17.1 Å². The summed E-state index contributed by atoms with van der Waals surface area (Å²) in [4.78, 5) is 0. The van der Waals surface area contributed by atoms with Gasteiger partial charge in [0.15, 0.2) is 69.8 Å². The number of hydrogen-bond acceptors (Lipinski definition) is 5. The molecule has 4 rings (SSSR count). The molecule has 0 radical (unpaired) electrons. The molecule has 1 aliphatic carbocycles. The van der Waals surface area contributed by atoms with E-state index in [0.717, 1.165) is 0 Å². The summed E-state index contributed by atoms with van der Waals surface area (Å²) in [5, 5.41) is 0. The second kappa shape index (κ2) is 10.5. The molecule has 0 atom stereocenters. The Morgan fingerprint density at radius 3 is 0.756 bits per heavy atom. The molecule has 0 spiro atoms. The van der Waals surface area contributed by atoms with E-state index in [2.05, 4.69) is 0 Å². The van der Waals surface area contributed by atoms with Gasteiger partial charge in [0.2, 0.25) is 0 Å². The minimum absolute atomic E-state index is 1.28. The largest absolute Gasteiger partial charge is 0.422 e. The lowest BCUT2D eigenvalue weighted by molar-refractivity contribution is -0.143. The predicted molar refractivity (Wildman–Crippen MR) is 126 cm³/mol. The SMILES string of the molecule is NC(=C1C(=C(/N)c2c(F)c(F)c(N)c(F)c2F)/C1=C(/N)c1c(F)c(F)c(N)c(F)c1F)c1c(F)c(F)c(C(F)(F)F)c(F)c1F. The molecule has 0 amide bonds. The standard InChI is InChI=1S/C25H10F15N5/c26-8-4(9(27)15(33)7(14(8)32)25(38,39)40)20(41)1-2(21(42)5-10(28)16(34)23(44)17(35)11(5)29)3(1)22(43)6-12(30)18(36)24(45)19(37)13(6)31/h41-45H2/b20-1?,21-2-,22-3+. The fraction of sp³-hybridized carbons (Fsp3) is 0.0400. The van der Waals surface area contributed by atoms with Crippen LogP contribution in [0.1, 0.15) is 22.3 Å². The lowest BCUT2D eigenvalue weighted by Crippen LogP contribution is -2.18. The summed E-state index contributed by atoms with van der Waals surface area (Å²) in [6, 6.07) is 0. The highest BCUT2D eigenvalue weighted by Crippen LogP contribution is 2.55. The first-order valence-corrected chi connectivity index (χ1v) is 11.3. The van der Waals surface area contributed by atoms with Gasteiger partial charge >= 0.3 is 6.18 Å². The van der Waals surface area contributed by atoms with E-state index < -0.39 is 143 Å². The van der Waals surface area contributed by atoms with Gasteiger partial charge in [0.05, 0.1) is 33.8 Å². The molecule has 1 fully saturated rings. The van der Waals surface area contributed by atoms with E-state index in [0.29, 0.717) is 0 Å². The fourth-order valence-electron chi connectivity index (χ4n) is 4.26. The van der Waals surface area contributed by atoms with Crippen molar-refractivity contribution < 1.29 is 65.9 Å². The summed E-state index contributed by atoms with van der Waals surface area (Å²) < 4.78 is 213. The summed E-state index contributed by atoms with van der Waals surface area (Å²) in [5.41, 5.74) is 5.12. The van der Waals surface area contributed by atoms with Crippen LogP contribution in [0.15, 0.2) is 16.7 Å². The van der Waals surface area contributed by atoms with Gasteiger partial charge in [0.1, 0.15) is 16.9 Å². The lowest BCUT2D eigenvalue weighted by atomic mass is 10.0. The zero-order chi connectivity index (χ0) is 34.4. The van der Waals surface area contributed by atoms with Crippen molar-refractivity contribution >= 4 is 28.5 Å². The van der Waals surface area contributed by atoms with E-state index in [9.17, 15) is 65.9 Å². The molecule has 0 aromatic heterocycles. The Bertz CT molecular complexity index is 1780. The number of benzene rings is 3. The summed E-state index contributed by atoms with van der Waals surface area (Å²) in [7, 11) is 0. The van der Waals surface area contributed by atoms with Crippen molar-refractivity contribution in [2.75, 3.05) is 11.5 Å². The van der Waals surface area contributed by atoms with E-state index in [-0.39, 0.29) is 0 Å². The molecule has 20 heteroatoms. The third-order valence-corrected chi connectivity index (χ3v) is 6.45. The molecule has 0 saturated heterocycles. The zero-order valence-corrected chi connectivity index (χ0v) is 21.1. The average Bonchev–Trinajstić information content (AvgIpc) is 3.71. The van der Waals surface area contributed by atoms with Gasteiger partial charge in [-0.3, -0.25) is 0 Å². The number of halogens is 15. The Hall–Kier alpha value is -5.17. The zero-order valence-electron chi connectivity index (χ0n) is 21.1. The summed E-state index contributed by atoms with van der Waals surface area (Å²) in [6.07, 6.45) is -6.03. The van der Waals surface area contributed by atoms with Gasteiger partial charge in [-0.15, -0.1) is 0 Å². The molecular weight excluding hydrogens is 655 g/mol. The van der Waals surface area contributed by atoms with Crippen LogP contribution in [0.4, 0.5) is 77.2 Å². The van der Waals surface area contributed by atoms with Crippen LogP contribution in [0.2, 0.25) is 0 Å². The summed E-state index contributed by atoms with van der Waals surface area (Å²) in [5.74, 6) is -30.5. The normalized spacial score (nSPS) is 16.7. The van der Waals surface area contributed by atoms with Gasteiger partial charge in [-0.25, -0.2) is 52.7 Å². The maximum absolute atomic E-state index is 14.8. The van der Waals surface area contributed by atoms with Crippen molar-refractivity contribution in [2.45, 2.75) is 6.18 Å². The summed E-state index contributed by atoms with van der Waals surface area (Å²) >= 11 is 0. The molecule has 5 nitrogen and oxygen atoms in total. The number of anilines is 2. The van der Waals surface area contributed by atoms with Crippen LogP contribution in [0.5, 0.6) is 0 Å². The molecule has 45 heavy (non-hydrogen) atoms. The van der Waals surface area contributed by atoms with Gasteiger partial charge in [0.25, 0.3) is 0 Å². The van der Waals surface area contributed by atoms with E-state index >= 15 is 0 Å². The van der Waals surface area contributed by atoms with Gasteiger partial charge in [0, 0.05) is 16.7 Å². The molecule has 0 aliphatic heterocycles. The van der Waals surface area contributed by atoms with Crippen LogP contribution in [-0.4, -0.2) is 0 Å². The average molecular weight is 665 g/mol. The number of hydrogen-bond donors (Lipinski definition) is 5. The molecule has 10 N–H and O–H groups in total. The first-order valence-electron chi connectivity index (χ1n) is 11.3. The molecule has 240 valence electrons. The monoisotopic (exact) mass is 665 g/mol.